The van der Waals surface area contributed by atoms with Crippen LogP contribution in [0.5, 0.6) is 0 Å². The van der Waals surface area contributed by atoms with Crippen LogP contribution in [-0.2, 0) is 6.42 Å². The van der Waals surface area contributed by atoms with Gasteiger partial charge >= 0.3 is 0 Å². The van der Waals surface area contributed by atoms with Crippen molar-refractivity contribution in [3.8, 4) is 0 Å². The molecular weight excluding hydrogens is 188 g/mol. The Labute approximate surface area is 91.5 Å². The summed E-state index contributed by atoms with van der Waals surface area (Å²) in [5, 5.41) is 8.83. The smallest absolute Gasteiger partial charge is 0.0558 e. The van der Waals surface area contributed by atoms with E-state index in [1.807, 2.05) is 19.2 Å². The molecule has 3 N–H and O–H groups in total. The minimum absolute atomic E-state index is 0.211. The third-order valence-corrected chi connectivity index (χ3v) is 2.72. The molecule has 0 saturated heterocycles. The first kappa shape index (κ1) is 12.0. The third kappa shape index (κ3) is 3.90. The molecule has 1 atom stereocenters. The number of rotatable bonds is 5. The molecule has 0 radical (unpaired) electrons. The molecule has 84 valence electrons. The highest BCUT2D eigenvalue weighted by Gasteiger charge is 2.08. The average molecular weight is 208 g/mol. The number of aliphatic hydroxyl groups is 1. The van der Waals surface area contributed by atoms with Crippen LogP contribution in [0.1, 0.15) is 12.5 Å². The fourth-order valence-corrected chi connectivity index (χ4v) is 1.53. The quantitative estimate of drug-likeness (QED) is 0.713. The van der Waals surface area contributed by atoms with E-state index >= 15 is 0 Å². The average Bonchev–Trinajstić information content (AvgIpc) is 2.22. The lowest BCUT2D eigenvalue weighted by molar-refractivity contribution is 0.187. The highest BCUT2D eigenvalue weighted by molar-refractivity contribution is 5.39. The van der Waals surface area contributed by atoms with Gasteiger partial charge in [0.25, 0.3) is 0 Å². The van der Waals surface area contributed by atoms with Crippen LogP contribution < -0.4 is 5.73 Å². The fraction of sp³-hybridized carbons (Fsp3) is 0.500. The summed E-state index contributed by atoms with van der Waals surface area (Å²) in [6.07, 6.45) is 0.983. The monoisotopic (exact) mass is 208 g/mol. The zero-order chi connectivity index (χ0) is 11.3. The molecule has 1 aromatic rings. The van der Waals surface area contributed by atoms with Crippen LogP contribution in [0.2, 0.25) is 0 Å². The summed E-state index contributed by atoms with van der Waals surface area (Å²) in [5.41, 5.74) is 7.70. The first-order valence-corrected chi connectivity index (χ1v) is 5.29. The van der Waals surface area contributed by atoms with E-state index in [0.717, 1.165) is 18.7 Å². The van der Waals surface area contributed by atoms with E-state index in [0.29, 0.717) is 6.04 Å². The van der Waals surface area contributed by atoms with Crippen molar-refractivity contribution in [2.24, 2.45) is 0 Å². The Hall–Kier alpha value is -1.06. The Bertz CT molecular complexity index is 284. The van der Waals surface area contributed by atoms with Gasteiger partial charge in [-0.2, -0.15) is 0 Å². The van der Waals surface area contributed by atoms with E-state index < -0.39 is 0 Å². The van der Waals surface area contributed by atoms with Crippen molar-refractivity contribution in [2.75, 3.05) is 25.9 Å². The zero-order valence-electron chi connectivity index (χ0n) is 9.48. The van der Waals surface area contributed by atoms with E-state index in [2.05, 4.69) is 24.0 Å². The van der Waals surface area contributed by atoms with Gasteiger partial charge in [0.2, 0.25) is 0 Å². The van der Waals surface area contributed by atoms with Gasteiger partial charge in [0, 0.05) is 18.3 Å². The zero-order valence-corrected chi connectivity index (χ0v) is 9.48. The second-order valence-electron chi connectivity index (χ2n) is 4.00. The van der Waals surface area contributed by atoms with Crippen LogP contribution in [-0.4, -0.2) is 36.2 Å². The predicted molar refractivity (Wildman–Crippen MR) is 63.7 cm³/mol. The molecule has 0 aliphatic heterocycles. The Morgan fingerprint density at radius 1 is 1.33 bits per heavy atom. The molecule has 0 amide bonds. The number of nitrogens with two attached hydrogens (primary N) is 1. The number of hydrogen-bond donors (Lipinski definition) is 2. The van der Waals surface area contributed by atoms with Gasteiger partial charge < -0.3 is 15.7 Å². The van der Waals surface area contributed by atoms with E-state index in [1.54, 1.807) is 0 Å². The summed E-state index contributed by atoms with van der Waals surface area (Å²) in [7, 11) is 2.03. The Kier molecular flexibility index (Phi) is 4.59. The third-order valence-electron chi connectivity index (χ3n) is 2.72. The van der Waals surface area contributed by atoms with Crippen molar-refractivity contribution in [1.29, 1.82) is 0 Å². The molecule has 3 nitrogen and oxygen atoms in total. The molecule has 1 aromatic carbocycles. The van der Waals surface area contributed by atoms with Crippen LogP contribution in [0, 0.1) is 0 Å². The van der Waals surface area contributed by atoms with E-state index in [-0.39, 0.29) is 6.61 Å². The number of hydrogen-bond acceptors (Lipinski definition) is 3. The summed E-state index contributed by atoms with van der Waals surface area (Å²) in [4.78, 5) is 2.15. The van der Waals surface area contributed by atoms with Gasteiger partial charge in [0.05, 0.1) is 6.61 Å². The van der Waals surface area contributed by atoms with E-state index in [1.165, 1.54) is 5.56 Å². The second kappa shape index (κ2) is 5.73. The molecule has 0 spiro atoms. The first-order chi connectivity index (χ1) is 7.13. The molecular formula is C12H20N2O. The molecule has 15 heavy (non-hydrogen) atoms. The van der Waals surface area contributed by atoms with E-state index in [9.17, 15) is 0 Å². The minimum atomic E-state index is 0.211. The lowest BCUT2D eigenvalue weighted by atomic mass is 10.1. The normalized spacial score (nSPS) is 13.1. The summed E-state index contributed by atoms with van der Waals surface area (Å²) in [6, 6.07) is 8.39. The molecule has 1 unspecified atom stereocenters. The number of nitrogen functional groups attached to an aromatic ring is 1. The number of nitrogens with zero attached hydrogens (tertiary/aromatic N) is 1. The molecule has 0 fully saturated rings. The summed E-state index contributed by atoms with van der Waals surface area (Å²) in [6.45, 7) is 3.09. The molecule has 0 aliphatic rings. The molecule has 0 saturated carbocycles. The molecule has 0 bridgehead atoms. The Balaban J connectivity index is 2.50. The van der Waals surface area contributed by atoms with Crippen LogP contribution in [0.15, 0.2) is 24.3 Å². The molecule has 0 aliphatic carbocycles. The lowest BCUT2D eigenvalue weighted by Gasteiger charge is -2.23. The molecule has 0 heterocycles. The van der Waals surface area contributed by atoms with Gasteiger partial charge in [0.15, 0.2) is 0 Å². The van der Waals surface area contributed by atoms with Crippen molar-refractivity contribution in [2.45, 2.75) is 19.4 Å². The molecule has 1 rings (SSSR count). The molecule has 3 heteroatoms. The second-order valence-corrected chi connectivity index (χ2v) is 4.00. The summed E-state index contributed by atoms with van der Waals surface area (Å²) < 4.78 is 0. The standard InChI is InChI=1S/C12H20N2O/c1-10(14(2)7-8-15)9-11-3-5-12(13)6-4-11/h3-6,10,15H,7-9,13H2,1-2H3. The number of anilines is 1. The van der Waals surface area contributed by atoms with Crippen molar-refractivity contribution >= 4 is 5.69 Å². The maximum absolute atomic E-state index is 8.83. The highest BCUT2D eigenvalue weighted by Crippen LogP contribution is 2.10. The highest BCUT2D eigenvalue weighted by atomic mass is 16.3. The van der Waals surface area contributed by atoms with Gasteiger partial charge in [-0.05, 0) is 38.1 Å². The van der Waals surface area contributed by atoms with Gasteiger partial charge in [-0.25, -0.2) is 0 Å². The van der Waals surface area contributed by atoms with Crippen molar-refractivity contribution in [3.05, 3.63) is 29.8 Å². The van der Waals surface area contributed by atoms with Gasteiger partial charge in [0.1, 0.15) is 0 Å². The predicted octanol–water partition coefficient (Wildman–Crippen LogP) is 1.12. The lowest BCUT2D eigenvalue weighted by Crippen LogP contribution is -2.33. The molecule has 0 aromatic heterocycles. The summed E-state index contributed by atoms with van der Waals surface area (Å²) in [5.74, 6) is 0. The van der Waals surface area contributed by atoms with Gasteiger partial charge in [-0.1, -0.05) is 12.1 Å². The maximum Gasteiger partial charge on any atom is 0.0558 e. The first-order valence-electron chi connectivity index (χ1n) is 5.29. The number of likely N-dealkylation sites (N-methyl/N-ethyl adjacent to an activating group) is 1. The van der Waals surface area contributed by atoms with Crippen LogP contribution >= 0.6 is 0 Å². The van der Waals surface area contributed by atoms with Crippen LogP contribution in [0.25, 0.3) is 0 Å². The van der Waals surface area contributed by atoms with Crippen molar-refractivity contribution in [1.82, 2.24) is 4.90 Å². The van der Waals surface area contributed by atoms with Crippen molar-refractivity contribution in [3.63, 3.8) is 0 Å². The van der Waals surface area contributed by atoms with Gasteiger partial charge in [-0.3, -0.25) is 0 Å². The van der Waals surface area contributed by atoms with Crippen molar-refractivity contribution < 1.29 is 5.11 Å². The SMILES string of the molecule is CC(Cc1ccc(N)cc1)N(C)CCO. The fourth-order valence-electron chi connectivity index (χ4n) is 1.53. The number of benzene rings is 1. The Morgan fingerprint density at radius 2 is 1.93 bits per heavy atom. The Morgan fingerprint density at radius 3 is 2.47 bits per heavy atom. The van der Waals surface area contributed by atoms with E-state index in [4.69, 9.17) is 10.8 Å². The summed E-state index contributed by atoms with van der Waals surface area (Å²) >= 11 is 0. The largest absolute Gasteiger partial charge is 0.399 e. The van der Waals surface area contributed by atoms with Crippen LogP contribution in [0.3, 0.4) is 0 Å². The topological polar surface area (TPSA) is 49.5 Å². The van der Waals surface area contributed by atoms with Crippen LogP contribution in [0.4, 0.5) is 5.69 Å². The minimum Gasteiger partial charge on any atom is -0.399 e. The van der Waals surface area contributed by atoms with Gasteiger partial charge in [-0.15, -0.1) is 0 Å². The number of aliphatic hydroxyl groups excluding tert-OH is 1. The maximum atomic E-state index is 8.83.